The molecule has 0 spiro atoms. The lowest BCUT2D eigenvalue weighted by molar-refractivity contribution is 0.0777. The Hall–Kier alpha value is -1.06. The van der Waals surface area contributed by atoms with Crippen molar-refractivity contribution in [3.63, 3.8) is 0 Å². The Balaban J connectivity index is 0.00000162. The third-order valence-electron chi connectivity index (χ3n) is 3.60. The minimum Gasteiger partial charge on any atom is -0.338 e. The Morgan fingerprint density at radius 3 is 2.78 bits per heavy atom. The van der Waals surface area contributed by atoms with Crippen molar-refractivity contribution in [1.29, 1.82) is 0 Å². The number of hydrogen-bond acceptors (Lipinski definition) is 2. The van der Waals surface area contributed by atoms with Gasteiger partial charge >= 0.3 is 0 Å². The number of nitrogens with two attached hydrogens (primary N) is 1. The van der Waals surface area contributed by atoms with Crippen molar-refractivity contribution in [2.75, 3.05) is 19.6 Å². The van der Waals surface area contributed by atoms with Gasteiger partial charge in [-0.1, -0.05) is 24.6 Å². The highest BCUT2D eigenvalue weighted by atomic mass is 35.5. The zero-order chi connectivity index (χ0) is 12.5. The predicted octanol–water partition coefficient (Wildman–Crippen LogP) is 2.23. The molecule has 18 heavy (non-hydrogen) atoms. The lowest BCUT2D eigenvalue weighted by Gasteiger charge is -2.22. The average Bonchev–Trinajstić information content (AvgIpc) is 2.72. The van der Waals surface area contributed by atoms with Crippen LogP contribution in [0.2, 0.25) is 0 Å². The van der Waals surface area contributed by atoms with Gasteiger partial charge in [0, 0.05) is 18.7 Å². The minimum atomic E-state index is 0. The highest BCUT2D eigenvalue weighted by Gasteiger charge is 2.35. The van der Waals surface area contributed by atoms with Crippen molar-refractivity contribution in [3.8, 4) is 0 Å². The van der Waals surface area contributed by atoms with Crippen LogP contribution in [-0.4, -0.2) is 30.4 Å². The van der Waals surface area contributed by atoms with Gasteiger partial charge in [0.25, 0.3) is 5.91 Å². The van der Waals surface area contributed by atoms with Crippen molar-refractivity contribution >= 4 is 18.3 Å². The Labute approximate surface area is 115 Å². The SMILES string of the molecule is Cc1cccc(C(=O)N2CCC(C)(CN)C2)c1.Cl. The average molecular weight is 269 g/mol. The molecular weight excluding hydrogens is 248 g/mol. The van der Waals surface area contributed by atoms with Gasteiger partial charge in [-0.2, -0.15) is 0 Å². The number of carbonyl (C=O) groups excluding carboxylic acids is 1. The molecule has 1 aliphatic heterocycles. The molecule has 1 atom stereocenters. The van der Waals surface area contributed by atoms with Gasteiger partial charge in [-0.15, -0.1) is 12.4 Å². The summed E-state index contributed by atoms with van der Waals surface area (Å²) in [4.78, 5) is 14.2. The Kier molecular flexibility index (Phi) is 4.77. The Bertz CT molecular complexity index is 436. The maximum atomic E-state index is 12.3. The summed E-state index contributed by atoms with van der Waals surface area (Å²) in [5.41, 5.74) is 7.76. The third kappa shape index (κ3) is 3.03. The first-order valence-electron chi connectivity index (χ1n) is 6.10. The van der Waals surface area contributed by atoms with Crippen molar-refractivity contribution in [1.82, 2.24) is 4.90 Å². The minimum absolute atomic E-state index is 0. The molecule has 0 saturated carbocycles. The van der Waals surface area contributed by atoms with Crippen LogP contribution in [0, 0.1) is 12.3 Å². The van der Waals surface area contributed by atoms with E-state index < -0.39 is 0 Å². The molecule has 1 aromatic rings. The molecule has 0 aromatic heterocycles. The van der Waals surface area contributed by atoms with Crippen molar-refractivity contribution in [2.24, 2.45) is 11.1 Å². The van der Waals surface area contributed by atoms with E-state index in [4.69, 9.17) is 5.73 Å². The molecule has 1 amide bonds. The molecule has 1 saturated heterocycles. The molecule has 0 bridgehead atoms. The molecule has 2 rings (SSSR count). The maximum Gasteiger partial charge on any atom is 0.253 e. The van der Waals surface area contributed by atoms with E-state index in [9.17, 15) is 4.79 Å². The lowest BCUT2D eigenvalue weighted by Crippen LogP contribution is -2.34. The van der Waals surface area contributed by atoms with Crippen molar-refractivity contribution < 1.29 is 4.79 Å². The second kappa shape index (κ2) is 5.72. The summed E-state index contributed by atoms with van der Waals surface area (Å²) < 4.78 is 0. The lowest BCUT2D eigenvalue weighted by atomic mass is 9.90. The molecule has 0 aliphatic carbocycles. The molecule has 2 N–H and O–H groups in total. The largest absolute Gasteiger partial charge is 0.338 e. The fourth-order valence-corrected chi connectivity index (χ4v) is 2.32. The van der Waals surface area contributed by atoms with Gasteiger partial charge in [-0.25, -0.2) is 0 Å². The summed E-state index contributed by atoms with van der Waals surface area (Å²) in [7, 11) is 0. The molecule has 3 nitrogen and oxygen atoms in total. The number of nitrogens with zero attached hydrogens (tertiary/aromatic N) is 1. The number of carbonyl (C=O) groups is 1. The van der Waals surface area contributed by atoms with Gasteiger partial charge in [0.1, 0.15) is 0 Å². The first-order valence-corrected chi connectivity index (χ1v) is 6.10. The van der Waals surface area contributed by atoms with E-state index in [2.05, 4.69) is 6.92 Å². The topological polar surface area (TPSA) is 46.3 Å². The smallest absolute Gasteiger partial charge is 0.253 e. The monoisotopic (exact) mass is 268 g/mol. The predicted molar refractivity (Wildman–Crippen MR) is 76.1 cm³/mol. The Morgan fingerprint density at radius 1 is 1.50 bits per heavy atom. The zero-order valence-corrected chi connectivity index (χ0v) is 11.8. The van der Waals surface area contributed by atoms with Crippen LogP contribution in [0.3, 0.4) is 0 Å². The van der Waals surface area contributed by atoms with Crippen LogP contribution in [0.5, 0.6) is 0 Å². The number of benzene rings is 1. The summed E-state index contributed by atoms with van der Waals surface area (Å²) >= 11 is 0. The summed E-state index contributed by atoms with van der Waals surface area (Å²) in [6, 6.07) is 7.76. The van der Waals surface area contributed by atoms with Crippen LogP contribution < -0.4 is 5.73 Å². The van der Waals surface area contributed by atoms with Gasteiger partial charge in [-0.05, 0) is 37.4 Å². The van der Waals surface area contributed by atoms with Gasteiger partial charge in [-0.3, -0.25) is 4.79 Å². The quantitative estimate of drug-likeness (QED) is 0.894. The molecular formula is C14H21ClN2O. The van der Waals surface area contributed by atoms with Crippen molar-refractivity contribution in [2.45, 2.75) is 20.3 Å². The molecule has 1 aliphatic rings. The summed E-state index contributed by atoms with van der Waals surface area (Å²) in [6.45, 7) is 6.39. The zero-order valence-electron chi connectivity index (χ0n) is 11.0. The van der Waals surface area contributed by atoms with Gasteiger partial charge in [0.15, 0.2) is 0 Å². The standard InChI is InChI=1S/C14H20N2O.ClH/c1-11-4-3-5-12(8-11)13(17)16-7-6-14(2,9-15)10-16;/h3-5,8H,6-7,9-10,15H2,1-2H3;1H. The van der Waals surface area contributed by atoms with Crippen LogP contribution in [-0.2, 0) is 0 Å². The molecule has 1 fully saturated rings. The van der Waals surface area contributed by atoms with E-state index in [1.54, 1.807) is 0 Å². The van der Waals surface area contributed by atoms with Crippen LogP contribution in [0.15, 0.2) is 24.3 Å². The number of aryl methyl sites for hydroxylation is 1. The van der Waals surface area contributed by atoms with Gasteiger partial charge < -0.3 is 10.6 Å². The van der Waals surface area contributed by atoms with E-state index in [0.29, 0.717) is 6.54 Å². The van der Waals surface area contributed by atoms with E-state index >= 15 is 0 Å². The first-order chi connectivity index (χ1) is 8.04. The number of hydrogen-bond donors (Lipinski definition) is 1. The molecule has 1 aromatic carbocycles. The maximum absolute atomic E-state index is 12.3. The number of amides is 1. The number of rotatable bonds is 2. The molecule has 1 heterocycles. The van der Waals surface area contributed by atoms with E-state index in [1.165, 1.54) is 0 Å². The highest BCUT2D eigenvalue weighted by Crippen LogP contribution is 2.29. The first kappa shape index (κ1) is 15.0. The number of halogens is 1. The second-order valence-electron chi connectivity index (χ2n) is 5.36. The van der Waals surface area contributed by atoms with Crippen LogP contribution in [0.4, 0.5) is 0 Å². The molecule has 100 valence electrons. The fraction of sp³-hybridized carbons (Fsp3) is 0.500. The second-order valence-corrected chi connectivity index (χ2v) is 5.36. The van der Waals surface area contributed by atoms with Gasteiger partial charge in [0.05, 0.1) is 0 Å². The molecule has 4 heteroatoms. The van der Waals surface area contributed by atoms with Crippen LogP contribution in [0.1, 0.15) is 29.3 Å². The van der Waals surface area contributed by atoms with E-state index in [0.717, 1.165) is 30.6 Å². The van der Waals surface area contributed by atoms with Crippen molar-refractivity contribution in [3.05, 3.63) is 35.4 Å². The number of likely N-dealkylation sites (tertiary alicyclic amines) is 1. The fourth-order valence-electron chi connectivity index (χ4n) is 2.32. The summed E-state index contributed by atoms with van der Waals surface area (Å²) in [6.07, 6.45) is 1.00. The summed E-state index contributed by atoms with van der Waals surface area (Å²) in [5, 5.41) is 0. The van der Waals surface area contributed by atoms with E-state index in [-0.39, 0.29) is 23.7 Å². The van der Waals surface area contributed by atoms with E-state index in [1.807, 2.05) is 36.1 Å². The summed E-state index contributed by atoms with van der Waals surface area (Å²) in [5.74, 6) is 0.130. The van der Waals surface area contributed by atoms with Gasteiger partial charge in [0.2, 0.25) is 0 Å². The normalized spacial score (nSPS) is 22.7. The third-order valence-corrected chi connectivity index (χ3v) is 3.60. The Morgan fingerprint density at radius 2 is 2.22 bits per heavy atom. The molecule has 0 radical (unpaired) electrons. The van der Waals surface area contributed by atoms with Crippen LogP contribution in [0.25, 0.3) is 0 Å². The molecule has 1 unspecified atom stereocenters. The highest BCUT2D eigenvalue weighted by molar-refractivity contribution is 5.94. The van der Waals surface area contributed by atoms with Crippen LogP contribution >= 0.6 is 12.4 Å².